The van der Waals surface area contributed by atoms with E-state index in [1.807, 2.05) is 24.3 Å². The van der Waals surface area contributed by atoms with Crippen molar-refractivity contribution in [2.45, 2.75) is 32.6 Å². The topological polar surface area (TPSA) is 87.0 Å². The van der Waals surface area contributed by atoms with Crippen LogP contribution >= 0.6 is 0 Å². The largest absolute Gasteiger partial charge is 0.510 e. The summed E-state index contributed by atoms with van der Waals surface area (Å²) in [5, 5.41) is 20.5. The number of carboxylic acids is 1. The fourth-order valence-corrected chi connectivity index (χ4v) is 1.83. The summed E-state index contributed by atoms with van der Waals surface area (Å²) in [6.45, 7) is 2.09. The van der Waals surface area contributed by atoms with E-state index in [0.717, 1.165) is 18.4 Å². The van der Waals surface area contributed by atoms with E-state index in [4.69, 9.17) is 5.11 Å². The first kappa shape index (κ1) is 14.9. The summed E-state index contributed by atoms with van der Waals surface area (Å²) < 4.78 is 0. The van der Waals surface area contributed by atoms with Crippen LogP contribution in [0.3, 0.4) is 0 Å². The quantitative estimate of drug-likeness (QED) is 0.449. The predicted octanol–water partition coefficient (Wildman–Crippen LogP) is 3.19. The minimum absolute atomic E-state index is 0.0863. The molecule has 0 aliphatic rings. The number of carboxylic acid groups (broad SMARTS) is 1. The van der Waals surface area contributed by atoms with Gasteiger partial charge in [-0.1, -0.05) is 37.6 Å². The van der Waals surface area contributed by atoms with E-state index in [1.54, 1.807) is 0 Å². The summed E-state index contributed by atoms with van der Waals surface area (Å²) in [6, 6.07) is 7.88. The van der Waals surface area contributed by atoms with Crippen LogP contribution in [0.25, 0.3) is 0 Å². The van der Waals surface area contributed by atoms with E-state index in [0.29, 0.717) is 6.42 Å². The summed E-state index contributed by atoms with van der Waals surface area (Å²) in [6.07, 6.45) is 2.58. The fraction of sp³-hybridized carbons (Fsp3) is 0.357. The van der Waals surface area contributed by atoms with Crippen LogP contribution in [0.4, 0.5) is 0 Å². The normalized spacial score (nSPS) is 11.8. The van der Waals surface area contributed by atoms with Crippen LogP contribution in [0.2, 0.25) is 0 Å². The van der Waals surface area contributed by atoms with Crippen molar-refractivity contribution in [3.63, 3.8) is 0 Å². The molecule has 2 N–H and O–H groups in total. The summed E-state index contributed by atoms with van der Waals surface area (Å²) in [5.74, 6) is -1.99. The average molecular weight is 263 g/mol. The first-order chi connectivity index (χ1) is 9.08. The number of aliphatic carboxylic acids is 1. The third-order valence-corrected chi connectivity index (χ3v) is 2.75. The van der Waals surface area contributed by atoms with Crippen LogP contribution in [0.15, 0.2) is 40.9 Å². The molecule has 1 aromatic rings. The Labute approximate surface area is 111 Å². The molecule has 1 aromatic carbocycles. The fourth-order valence-electron chi connectivity index (χ4n) is 1.83. The maximum Gasteiger partial charge on any atom is 0.361 e. The van der Waals surface area contributed by atoms with E-state index in [2.05, 4.69) is 12.1 Å². The molecule has 0 unspecified atom stereocenters. The molecular weight excluding hydrogens is 246 g/mol. The number of aryl methyl sites for hydroxylation is 2. The van der Waals surface area contributed by atoms with Crippen molar-refractivity contribution in [1.82, 2.24) is 0 Å². The molecule has 0 saturated heterocycles. The first-order valence-electron chi connectivity index (χ1n) is 6.15. The molecule has 0 aromatic heterocycles. The van der Waals surface area contributed by atoms with Gasteiger partial charge in [-0.3, -0.25) is 0 Å². The van der Waals surface area contributed by atoms with Crippen molar-refractivity contribution in [2.75, 3.05) is 0 Å². The Balaban J connectivity index is 2.73. The zero-order chi connectivity index (χ0) is 14.3. The van der Waals surface area contributed by atoms with E-state index >= 15 is 0 Å². The van der Waals surface area contributed by atoms with E-state index < -0.39 is 17.4 Å². The van der Waals surface area contributed by atoms with E-state index in [9.17, 15) is 14.8 Å². The van der Waals surface area contributed by atoms with Gasteiger partial charge in [-0.25, -0.2) is 4.79 Å². The van der Waals surface area contributed by atoms with Gasteiger partial charge >= 0.3 is 5.97 Å². The van der Waals surface area contributed by atoms with Crippen molar-refractivity contribution in [3.8, 4) is 0 Å². The lowest BCUT2D eigenvalue weighted by molar-refractivity contribution is -0.132. The zero-order valence-electron chi connectivity index (χ0n) is 10.8. The van der Waals surface area contributed by atoms with Gasteiger partial charge in [-0.15, -0.1) is 4.91 Å². The number of aliphatic hydroxyl groups is 1. The summed E-state index contributed by atoms with van der Waals surface area (Å²) in [4.78, 5) is 20.9. The number of rotatable bonds is 7. The standard InChI is InChI=1S/C14H17NO4/c1-2-4-10-5-3-6-11(9-10)7-8-12(16)13(15-19)14(17)18/h3,5-6,9,16H,2,4,7-8H2,1H3,(H,17,18). The summed E-state index contributed by atoms with van der Waals surface area (Å²) >= 11 is 0. The molecule has 1 rings (SSSR count). The molecule has 0 fully saturated rings. The van der Waals surface area contributed by atoms with Gasteiger partial charge in [0.05, 0.1) is 0 Å². The van der Waals surface area contributed by atoms with Crippen molar-refractivity contribution in [2.24, 2.45) is 5.18 Å². The molecule has 0 amide bonds. The number of carbonyl (C=O) groups is 1. The van der Waals surface area contributed by atoms with E-state index in [1.165, 1.54) is 5.56 Å². The molecule has 0 bridgehead atoms. The van der Waals surface area contributed by atoms with Gasteiger partial charge < -0.3 is 10.2 Å². The second-order valence-corrected chi connectivity index (χ2v) is 4.26. The van der Waals surface area contributed by atoms with Crippen LogP contribution in [-0.4, -0.2) is 16.2 Å². The Kier molecular flexibility index (Phi) is 5.73. The molecule has 5 nitrogen and oxygen atoms in total. The van der Waals surface area contributed by atoms with Crippen LogP contribution in [0.1, 0.15) is 30.9 Å². The highest BCUT2D eigenvalue weighted by molar-refractivity contribution is 5.86. The van der Waals surface area contributed by atoms with Crippen molar-refractivity contribution in [1.29, 1.82) is 0 Å². The number of benzene rings is 1. The van der Waals surface area contributed by atoms with Gasteiger partial charge in [-0.2, -0.15) is 0 Å². The first-order valence-corrected chi connectivity index (χ1v) is 6.15. The van der Waals surface area contributed by atoms with Crippen LogP contribution in [-0.2, 0) is 17.6 Å². The molecule has 0 saturated carbocycles. The van der Waals surface area contributed by atoms with Gasteiger partial charge in [0.25, 0.3) is 0 Å². The lowest BCUT2D eigenvalue weighted by Crippen LogP contribution is -2.03. The van der Waals surface area contributed by atoms with Crippen LogP contribution in [0, 0.1) is 4.91 Å². The maximum atomic E-state index is 10.6. The molecule has 0 heterocycles. The third kappa shape index (κ3) is 4.54. The highest BCUT2D eigenvalue weighted by Crippen LogP contribution is 2.14. The van der Waals surface area contributed by atoms with Crippen LogP contribution < -0.4 is 0 Å². The Bertz CT molecular complexity index is 494. The molecule has 0 spiro atoms. The van der Waals surface area contributed by atoms with Gasteiger partial charge in [0.1, 0.15) is 5.76 Å². The highest BCUT2D eigenvalue weighted by atomic mass is 16.4. The number of nitroso groups, excluding NO2 is 1. The molecule has 0 aliphatic heterocycles. The van der Waals surface area contributed by atoms with Gasteiger partial charge in [0.2, 0.25) is 5.70 Å². The average Bonchev–Trinajstić information content (AvgIpc) is 2.37. The molecule has 0 radical (unpaired) electrons. The smallest absolute Gasteiger partial charge is 0.361 e. The Morgan fingerprint density at radius 1 is 1.21 bits per heavy atom. The summed E-state index contributed by atoms with van der Waals surface area (Å²) in [7, 11) is 0. The number of aliphatic hydroxyl groups excluding tert-OH is 1. The minimum Gasteiger partial charge on any atom is -0.510 e. The van der Waals surface area contributed by atoms with Crippen molar-refractivity contribution < 1.29 is 15.0 Å². The second kappa shape index (κ2) is 7.31. The number of hydrogen-bond acceptors (Lipinski definition) is 4. The number of nitrogens with zero attached hydrogens (tertiary/aromatic N) is 1. The maximum absolute atomic E-state index is 10.6. The molecule has 19 heavy (non-hydrogen) atoms. The number of allylic oxidation sites excluding steroid dienone is 1. The molecule has 5 heteroatoms. The zero-order valence-corrected chi connectivity index (χ0v) is 10.8. The van der Waals surface area contributed by atoms with Crippen molar-refractivity contribution >= 4 is 5.97 Å². The van der Waals surface area contributed by atoms with E-state index in [-0.39, 0.29) is 6.42 Å². The second-order valence-electron chi connectivity index (χ2n) is 4.26. The lowest BCUT2D eigenvalue weighted by Gasteiger charge is -2.05. The predicted molar refractivity (Wildman–Crippen MR) is 71.8 cm³/mol. The molecular formula is C14H17NO4. The van der Waals surface area contributed by atoms with Crippen molar-refractivity contribution in [3.05, 3.63) is 51.8 Å². The molecule has 0 aliphatic carbocycles. The Morgan fingerprint density at radius 3 is 2.37 bits per heavy atom. The van der Waals surface area contributed by atoms with Gasteiger partial charge in [0.15, 0.2) is 0 Å². The Morgan fingerprint density at radius 2 is 1.84 bits per heavy atom. The third-order valence-electron chi connectivity index (χ3n) is 2.75. The SMILES string of the molecule is CCCc1cccc(CCC(O)=C(N=O)C(=O)O)c1. The Hall–Kier alpha value is -2.17. The number of hydrogen-bond donors (Lipinski definition) is 2. The lowest BCUT2D eigenvalue weighted by atomic mass is 10.0. The van der Waals surface area contributed by atoms with Gasteiger partial charge in [-0.05, 0) is 29.1 Å². The minimum atomic E-state index is -1.51. The molecule has 0 atom stereocenters. The van der Waals surface area contributed by atoms with Gasteiger partial charge in [0, 0.05) is 6.42 Å². The van der Waals surface area contributed by atoms with Crippen LogP contribution in [0.5, 0.6) is 0 Å². The molecule has 102 valence electrons. The summed E-state index contributed by atoms with van der Waals surface area (Å²) in [5.41, 5.74) is 1.38. The highest BCUT2D eigenvalue weighted by Gasteiger charge is 2.14. The monoisotopic (exact) mass is 263 g/mol.